The third kappa shape index (κ3) is 4.81. The number of ether oxygens (including phenoxy) is 1. The fourth-order valence-electron chi connectivity index (χ4n) is 1.99. The number of hydrogen-bond donors (Lipinski definition) is 1. The minimum atomic E-state index is -0.395. The molecule has 0 aliphatic carbocycles. The number of aromatic nitrogens is 1. The third-order valence-electron chi connectivity index (χ3n) is 3.16. The van der Waals surface area contributed by atoms with Crippen molar-refractivity contribution in [3.05, 3.63) is 64.6 Å². The van der Waals surface area contributed by atoms with Gasteiger partial charge in [-0.2, -0.15) is 0 Å². The topological polar surface area (TPSA) is 77.4 Å². The van der Waals surface area contributed by atoms with E-state index in [1.54, 1.807) is 49.5 Å². The number of nitrogens with one attached hydrogen (secondary N) is 1. The number of benzene rings is 1. The molecule has 0 bridgehead atoms. The second-order valence-corrected chi connectivity index (χ2v) is 4.83. The van der Waals surface area contributed by atoms with Crippen molar-refractivity contribution in [2.45, 2.75) is 19.9 Å². The van der Waals surface area contributed by atoms with Crippen LogP contribution in [0, 0.1) is 0 Å². The molecular weight excluding hydrogens is 296 g/mol. The molecule has 0 fully saturated rings. The average molecular weight is 314 g/mol. The van der Waals surface area contributed by atoms with Crippen LogP contribution >= 0.6 is 0 Å². The van der Waals surface area contributed by atoms with Gasteiger partial charge in [0.25, 0.3) is 5.56 Å². The van der Waals surface area contributed by atoms with E-state index in [4.69, 9.17) is 4.74 Å². The zero-order chi connectivity index (χ0) is 16.7. The van der Waals surface area contributed by atoms with Gasteiger partial charge in [0, 0.05) is 30.9 Å². The highest BCUT2D eigenvalue weighted by Gasteiger charge is 2.07. The van der Waals surface area contributed by atoms with Gasteiger partial charge in [-0.05, 0) is 37.3 Å². The molecule has 2 aromatic rings. The summed E-state index contributed by atoms with van der Waals surface area (Å²) in [6.45, 7) is 2.37. The number of amides is 1. The molecule has 1 heterocycles. The van der Waals surface area contributed by atoms with Gasteiger partial charge in [0.1, 0.15) is 0 Å². The molecule has 1 aromatic carbocycles. The Morgan fingerprint density at radius 3 is 2.52 bits per heavy atom. The molecule has 0 radical (unpaired) electrons. The molecule has 0 aliphatic rings. The fourth-order valence-corrected chi connectivity index (χ4v) is 1.99. The van der Waals surface area contributed by atoms with Crippen molar-refractivity contribution < 1.29 is 14.3 Å². The normalized spacial score (nSPS) is 10.1. The number of rotatable bonds is 6. The lowest BCUT2D eigenvalue weighted by Gasteiger charge is -2.07. The van der Waals surface area contributed by atoms with Gasteiger partial charge >= 0.3 is 5.97 Å². The van der Waals surface area contributed by atoms with Gasteiger partial charge in [0.2, 0.25) is 5.91 Å². The first-order chi connectivity index (χ1) is 11.1. The van der Waals surface area contributed by atoms with Crippen molar-refractivity contribution in [2.75, 3.05) is 11.9 Å². The number of hydrogen-bond acceptors (Lipinski definition) is 4. The molecule has 0 unspecified atom stereocenters. The van der Waals surface area contributed by atoms with E-state index in [1.807, 2.05) is 0 Å². The predicted molar refractivity (Wildman–Crippen MR) is 86.3 cm³/mol. The quantitative estimate of drug-likeness (QED) is 0.828. The van der Waals surface area contributed by atoms with Crippen molar-refractivity contribution in [3.63, 3.8) is 0 Å². The molecule has 0 saturated heterocycles. The Kier molecular flexibility index (Phi) is 5.68. The number of aryl methyl sites for hydroxylation is 1. The molecule has 1 aromatic heterocycles. The minimum Gasteiger partial charge on any atom is -0.462 e. The summed E-state index contributed by atoms with van der Waals surface area (Å²) in [5.41, 5.74) is 0.878. The SMILES string of the molecule is CCOC(=O)c1ccc(NC(=O)CCn2ccccc2=O)cc1. The van der Waals surface area contributed by atoms with E-state index >= 15 is 0 Å². The van der Waals surface area contributed by atoms with Crippen LogP contribution in [0.2, 0.25) is 0 Å². The average Bonchev–Trinajstić information content (AvgIpc) is 2.55. The van der Waals surface area contributed by atoms with Crippen molar-refractivity contribution in [3.8, 4) is 0 Å². The van der Waals surface area contributed by atoms with Crippen molar-refractivity contribution in [1.29, 1.82) is 0 Å². The lowest BCUT2D eigenvalue weighted by molar-refractivity contribution is -0.116. The van der Waals surface area contributed by atoms with Gasteiger partial charge in [0.15, 0.2) is 0 Å². The minimum absolute atomic E-state index is 0.140. The molecule has 2 rings (SSSR count). The standard InChI is InChI=1S/C17H18N2O4/c1-2-23-17(22)13-6-8-14(9-7-13)18-15(20)10-12-19-11-4-3-5-16(19)21/h3-9,11H,2,10,12H2,1H3,(H,18,20). The molecule has 120 valence electrons. The second kappa shape index (κ2) is 7.93. The molecule has 23 heavy (non-hydrogen) atoms. The Hall–Kier alpha value is -2.89. The fraction of sp³-hybridized carbons (Fsp3) is 0.235. The molecule has 0 spiro atoms. The van der Waals surface area contributed by atoms with Crippen molar-refractivity contribution in [1.82, 2.24) is 4.57 Å². The Labute approximate surface area is 133 Å². The van der Waals surface area contributed by atoms with Crippen LogP contribution in [0.25, 0.3) is 0 Å². The van der Waals surface area contributed by atoms with Gasteiger partial charge < -0.3 is 14.6 Å². The van der Waals surface area contributed by atoms with E-state index in [0.717, 1.165) is 0 Å². The maximum absolute atomic E-state index is 11.9. The van der Waals surface area contributed by atoms with E-state index in [1.165, 1.54) is 10.6 Å². The first-order valence-electron chi connectivity index (χ1n) is 7.32. The van der Waals surface area contributed by atoms with Gasteiger partial charge in [-0.1, -0.05) is 6.07 Å². The van der Waals surface area contributed by atoms with Crippen LogP contribution < -0.4 is 10.9 Å². The number of anilines is 1. The second-order valence-electron chi connectivity index (χ2n) is 4.83. The predicted octanol–water partition coefficient (Wildman–Crippen LogP) is 2.05. The summed E-state index contributed by atoms with van der Waals surface area (Å²) < 4.78 is 6.36. The summed E-state index contributed by atoms with van der Waals surface area (Å²) in [4.78, 5) is 35.0. The molecule has 1 N–H and O–H groups in total. The van der Waals surface area contributed by atoms with E-state index in [9.17, 15) is 14.4 Å². The van der Waals surface area contributed by atoms with Gasteiger partial charge in [-0.3, -0.25) is 9.59 Å². The Balaban J connectivity index is 1.89. The molecule has 1 amide bonds. The lowest BCUT2D eigenvalue weighted by Crippen LogP contribution is -2.21. The maximum Gasteiger partial charge on any atom is 0.338 e. The van der Waals surface area contributed by atoms with E-state index in [0.29, 0.717) is 24.4 Å². The molecule has 6 heteroatoms. The van der Waals surface area contributed by atoms with Crippen LogP contribution in [0.5, 0.6) is 0 Å². The van der Waals surface area contributed by atoms with Gasteiger partial charge in [-0.15, -0.1) is 0 Å². The smallest absolute Gasteiger partial charge is 0.338 e. The Bertz CT molecular complexity index is 735. The highest BCUT2D eigenvalue weighted by atomic mass is 16.5. The summed E-state index contributed by atoms with van der Waals surface area (Å²) in [5, 5.41) is 2.72. The zero-order valence-electron chi connectivity index (χ0n) is 12.8. The van der Waals surface area contributed by atoms with Gasteiger partial charge in [0.05, 0.1) is 12.2 Å². The zero-order valence-corrected chi connectivity index (χ0v) is 12.8. The van der Waals surface area contributed by atoms with Crippen LogP contribution in [0.4, 0.5) is 5.69 Å². The summed E-state index contributed by atoms with van der Waals surface area (Å²) in [5.74, 6) is -0.599. The van der Waals surface area contributed by atoms with Gasteiger partial charge in [-0.25, -0.2) is 4.79 Å². The number of carbonyl (C=O) groups is 2. The number of pyridine rings is 1. The van der Waals surface area contributed by atoms with E-state index in [2.05, 4.69) is 5.32 Å². The van der Waals surface area contributed by atoms with Crippen molar-refractivity contribution >= 4 is 17.6 Å². The number of esters is 1. The molecular formula is C17H18N2O4. The maximum atomic E-state index is 11.9. The van der Waals surface area contributed by atoms with Crippen molar-refractivity contribution in [2.24, 2.45) is 0 Å². The first kappa shape index (κ1) is 16.5. The molecule has 0 saturated carbocycles. The summed E-state index contributed by atoms with van der Waals surface area (Å²) >= 11 is 0. The highest BCUT2D eigenvalue weighted by Crippen LogP contribution is 2.11. The van der Waals surface area contributed by atoms with Crippen LogP contribution in [0.15, 0.2) is 53.5 Å². The van der Waals surface area contributed by atoms with Crippen LogP contribution in [0.3, 0.4) is 0 Å². The third-order valence-corrected chi connectivity index (χ3v) is 3.16. The number of nitrogens with zero attached hydrogens (tertiary/aromatic N) is 1. The Morgan fingerprint density at radius 1 is 1.13 bits per heavy atom. The number of carbonyl (C=O) groups excluding carboxylic acids is 2. The van der Waals surface area contributed by atoms with Crippen LogP contribution in [-0.4, -0.2) is 23.1 Å². The molecule has 0 aliphatic heterocycles. The lowest BCUT2D eigenvalue weighted by atomic mass is 10.2. The molecule has 6 nitrogen and oxygen atoms in total. The van der Waals surface area contributed by atoms with E-state index < -0.39 is 5.97 Å². The van der Waals surface area contributed by atoms with Crippen LogP contribution in [0.1, 0.15) is 23.7 Å². The summed E-state index contributed by atoms with van der Waals surface area (Å²) in [6.07, 6.45) is 1.83. The van der Waals surface area contributed by atoms with Crippen LogP contribution in [-0.2, 0) is 16.1 Å². The molecule has 0 atom stereocenters. The summed E-state index contributed by atoms with van der Waals surface area (Å²) in [6, 6.07) is 11.3. The highest BCUT2D eigenvalue weighted by molar-refractivity contribution is 5.93. The first-order valence-corrected chi connectivity index (χ1v) is 7.32. The monoisotopic (exact) mass is 314 g/mol. The van der Waals surface area contributed by atoms with E-state index in [-0.39, 0.29) is 17.9 Å². The Morgan fingerprint density at radius 2 is 1.87 bits per heavy atom. The largest absolute Gasteiger partial charge is 0.462 e. The summed E-state index contributed by atoms with van der Waals surface area (Å²) in [7, 11) is 0.